The lowest BCUT2D eigenvalue weighted by atomic mass is 10.0. The Kier molecular flexibility index (Phi) is 7.06. The number of imidazole rings is 1. The summed E-state index contributed by atoms with van der Waals surface area (Å²) in [4.78, 5) is 17.9. The maximum atomic E-state index is 13.0. The van der Waals surface area contributed by atoms with Gasteiger partial charge in [-0.3, -0.25) is 4.79 Å². The second-order valence-electron chi connectivity index (χ2n) is 8.51. The smallest absolute Gasteiger partial charge is 0.251 e. The Labute approximate surface area is 204 Å². The fourth-order valence-electron chi connectivity index (χ4n) is 4.07. The highest BCUT2D eigenvalue weighted by Crippen LogP contribution is 2.27. The molecule has 1 atom stereocenters. The van der Waals surface area contributed by atoms with Crippen LogP contribution in [0.4, 0.5) is 0 Å². The topological polar surface area (TPSA) is 46.9 Å². The van der Waals surface area contributed by atoms with Gasteiger partial charge in [-0.25, -0.2) is 4.98 Å². The fraction of sp³-hybridized carbons (Fsp3) is 0.259. The maximum absolute atomic E-state index is 13.0. The Morgan fingerprint density at radius 3 is 2.42 bits per heavy atom. The molecule has 4 nitrogen and oxygen atoms in total. The number of nitrogens with zero attached hydrogens (tertiary/aromatic N) is 2. The third-order valence-corrected chi connectivity index (χ3v) is 6.54. The van der Waals surface area contributed by atoms with E-state index in [-0.39, 0.29) is 17.9 Å². The van der Waals surface area contributed by atoms with Crippen LogP contribution in [0.2, 0.25) is 10.0 Å². The van der Waals surface area contributed by atoms with Crippen molar-refractivity contribution in [3.63, 3.8) is 0 Å². The number of carbonyl (C=O) groups excluding carboxylic acids is 1. The Morgan fingerprint density at radius 2 is 1.76 bits per heavy atom. The van der Waals surface area contributed by atoms with Crippen LogP contribution in [-0.2, 0) is 6.54 Å². The third-order valence-electron chi connectivity index (χ3n) is 5.80. The molecular weight excluding hydrogens is 453 g/mol. The highest BCUT2D eigenvalue weighted by molar-refractivity contribution is 6.42. The largest absolute Gasteiger partial charge is 0.345 e. The van der Waals surface area contributed by atoms with Crippen molar-refractivity contribution in [2.24, 2.45) is 0 Å². The number of fused-ring (bicyclic) bond motifs is 1. The molecule has 0 saturated carbocycles. The molecular formula is C27H27Cl2N3O. The zero-order valence-electron chi connectivity index (χ0n) is 19.0. The summed E-state index contributed by atoms with van der Waals surface area (Å²) >= 11 is 12.3. The molecule has 1 amide bonds. The van der Waals surface area contributed by atoms with Crippen LogP contribution < -0.4 is 5.32 Å². The predicted octanol–water partition coefficient (Wildman–Crippen LogP) is 7.40. The van der Waals surface area contributed by atoms with Crippen LogP contribution in [0.1, 0.15) is 66.5 Å². The van der Waals surface area contributed by atoms with E-state index in [0.29, 0.717) is 22.2 Å². The van der Waals surface area contributed by atoms with Crippen molar-refractivity contribution >= 4 is 40.1 Å². The number of aromatic nitrogens is 2. The number of rotatable bonds is 7. The third kappa shape index (κ3) is 5.07. The van der Waals surface area contributed by atoms with Crippen LogP contribution in [0, 0.1) is 0 Å². The first kappa shape index (κ1) is 23.3. The highest BCUT2D eigenvalue weighted by Gasteiger charge is 2.18. The van der Waals surface area contributed by atoms with Gasteiger partial charge in [0.15, 0.2) is 0 Å². The summed E-state index contributed by atoms with van der Waals surface area (Å²) in [7, 11) is 0. The number of carbonyl (C=O) groups is 1. The molecule has 1 N–H and O–H groups in total. The van der Waals surface area contributed by atoms with Crippen molar-refractivity contribution in [1.29, 1.82) is 0 Å². The van der Waals surface area contributed by atoms with Crippen LogP contribution in [-0.4, -0.2) is 15.5 Å². The molecule has 0 unspecified atom stereocenters. The Balaban J connectivity index is 1.65. The van der Waals surface area contributed by atoms with Crippen molar-refractivity contribution in [1.82, 2.24) is 14.9 Å². The quantitative estimate of drug-likeness (QED) is 0.300. The van der Waals surface area contributed by atoms with Gasteiger partial charge in [-0.05, 0) is 47.9 Å². The summed E-state index contributed by atoms with van der Waals surface area (Å²) in [6, 6.07) is 21.4. The van der Waals surface area contributed by atoms with E-state index >= 15 is 0 Å². The van der Waals surface area contributed by atoms with Gasteiger partial charge in [0, 0.05) is 18.0 Å². The van der Waals surface area contributed by atoms with Gasteiger partial charge in [0.25, 0.3) is 5.91 Å². The van der Waals surface area contributed by atoms with E-state index in [2.05, 4.69) is 30.7 Å². The lowest BCUT2D eigenvalue weighted by Gasteiger charge is -2.17. The van der Waals surface area contributed by atoms with Gasteiger partial charge in [0.05, 0.1) is 27.1 Å². The zero-order valence-corrected chi connectivity index (χ0v) is 20.5. The second-order valence-corrected chi connectivity index (χ2v) is 9.32. The van der Waals surface area contributed by atoms with E-state index in [1.807, 2.05) is 66.7 Å². The number of hydrogen-bond acceptors (Lipinski definition) is 2. The summed E-state index contributed by atoms with van der Waals surface area (Å²) < 4.78 is 2.18. The van der Waals surface area contributed by atoms with E-state index in [0.717, 1.165) is 34.4 Å². The minimum Gasteiger partial charge on any atom is -0.345 e. The average Bonchev–Trinajstić information content (AvgIpc) is 3.18. The molecule has 170 valence electrons. The van der Waals surface area contributed by atoms with Gasteiger partial charge in [-0.1, -0.05) is 80.4 Å². The normalized spacial score (nSPS) is 12.3. The van der Waals surface area contributed by atoms with Crippen molar-refractivity contribution in [2.75, 3.05) is 0 Å². The summed E-state index contributed by atoms with van der Waals surface area (Å²) in [5.41, 5.74) is 4.53. The maximum Gasteiger partial charge on any atom is 0.251 e. The SMILES string of the molecule is CC[C@@H](NC(=O)c1ccc2c(c1)nc(C(C)C)n2Cc1ccc(Cl)c(Cl)c1)c1ccccc1. The molecule has 0 aliphatic heterocycles. The van der Waals surface area contributed by atoms with Gasteiger partial charge < -0.3 is 9.88 Å². The molecule has 1 aromatic heterocycles. The number of benzene rings is 3. The molecule has 6 heteroatoms. The molecule has 0 spiro atoms. The monoisotopic (exact) mass is 479 g/mol. The fourth-order valence-corrected chi connectivity index (χ4v) is 4.39. The number of amides is 1. The van der Waals surface area contributed by atoms with Crippen molar-refractivity contribution < 1.29 is 4.79 Å². The van der Waals surface area contributed by atoms with E-state index in [9.17, 15) is 4.79 Å². The number of hydrogen-bond donors (Lipinski definition) is 1. The van der Waals surface area contributed by atoms with Crippen LogP contribution in [0.3, 0.4) is 0 Å². The zero-order chi connectivity index (χ0) is 23.5. The predicted molar refractivity (Wildman–Crippen MR) is 136 cm³/mol. The van der Waals surface area contributed by atoms with Gasteiger partial charge in [-0.2, -0.15) is 0 Å². The standard InChI is InChI=1S/C27H27Cl2N3O/c1-4-23(19-8-6-5-7-9-19)31-27(33)20-11-13-25-24(15-20)30-26(17(2)3)32(25)16-18-10-12-21(28)22(29)14-18/h5-15,17,23H,4,16H2,1-3H3,(H,31,33)/t23-/m1/s1. The van der Waals surface area contributed by atoms with Gasteiger partial charge in [-0.15, -0.1) is 0 Å². The molecule has 4 rings (SSSR count). The van der Waals surface area contributed by atoms with Crippen LogP contribution in [0.25, 0.3) is 11.0 Å². The lowest BCUT2D eigenvalue weighted by molar-refractivity contribution is 0.0935. The van der Waals surface area contributed by atoms with Crippen molar-refractivity contribution in [3.8, 4) is 0 Å². The van der Waals surface area contributed by atoms with Crippen LogP contribution in [0.15, 0.2) is 66.7 Å². The highest BCUT2D eigenvalue weighted by atomic mass is 35.5. The Morgan fingerprint density at radius 1 is 1.00 bits per heavy atom. The molecule has 0 fully saturated rings. The van der Waals surface area contributed by atoms with E-state index in [1.165, 1.54) is 0 Å². The van der Waals surface area contributed by atoms with Crippen molar-refractivity contribution in [2.45, 2.75) is 45.7 Å². The lowest BCUT2D eigenvalue weighted by Crippen LogP contribution is -2.28. The molecule has 0 bridgehead atoms. The first-order valence-corrected chi connectivity index (χ1v) is 11.9. The molecule has 0 aliphatic rings. The average molecular weight is 480 g/mol. The van der Waals surface area contributed by atoms with E-state index in [1.54, 1.807) is 0 Å². The molecule has 3 aromatic carbocycles. The van der Waals surface area contributed by atoms with Gasteiger partial charge in [0.2, 0.25) is 0 Å². The summed E-state index contributed by atoms with van der Waals surface area (Å²) in [6.07, 6.45) is 0.813. The molecule has 1 heterocycles. The van der Waals surface area contributed by atoms with Crippen LogP contribution in [0.5, 0.6) is 0 Å². The van der Waals surface area contributed by atoms with Gasteiger partial charge in [0.1, 0.15) is 5.82 Å². The molecule has 0 aliphatic carbocycles. The Bertz CT molecular complexity index is 1280. The minimum absolute atomic E-state index is 0.0344. The van der Waals surface area contributed by atoms with Crippen molar-refractivity contribution in [3.05, 3.63) is 99.3 Å². The number of halogens is 2. The van der Waals surface area contributed by atoms with E-state index in [4.69, 9.17) is 28.2 Å². The number of nitrogens with one attached hydrogen (secondary N) is 1. The van der Waals surface area contributed by atoms with E-state index < -0.39 is 0 Å². The van der Waals surface area contributed by atoms with Gasteiger partial charge >= 0.3 is 0 Å². The molecule has 0 radical (unpaired) electrons. The summed E-state index contributed by atoms with van der Waals surface area (Å²) in [6.45, 7) is 6.93. The first-order valence-electron chi connectivity index (χ1n) is 11.2. The first-order chi connectivity index (χ1) is 15.9. The molecule has 4 aromatic rings. The Hall–Kier alpha value is -2.82. The second kappa shape index (κ2) is 9.98. The summed E-state index contributed by atoms with van der Waals surface area (Å²) in [5.74, 6) is 1.09. The summed E-state index contributed by atoms with van der Waals surface area (Å²) in [5, 5.41) is 4.23. The molecule has 0 saturated heterocycles. The van der Waals surface area contributed by atoms with Crippen LogP contribution >= 0.6 is 23.2 Å². The molecule has 33 heavy (non-hydrogen) atoms. The minimum atomic E-state index is -0.0993.